The van der Waals surface area contributed by atoms with Crippen LogP contribution in [0.15, 0.2) is 22.7 Å². The highest BCUT2D eigenvalue weighted by Gasteiger charge is 2.30. The molecule has 0 aliphatic carbocycles. The maximum atomic E-state index is 13.7. The van der Waals surface area contributed by atoms with Crippen molar-refractivity contribution < 1.29 is 9.13 Å². The van der Waals surface area contributed by atoms with E-state index in [0.717, 1.165) is 17.5 Å². The van der Waals surface area contributed by atoms with E-state index in [1.807, 2.05) is 13.0 Å². The van der Waals surface area contributed by atoms with E-state index >= 15 is 0 Å². The summed E-state index contributed by atoms with van der Waals surface area (Å²) in [5.74, 6) is 0.138. The number of rotatable bonds is 3. The quantitative estimate of drug-likeness (QED) is 0.932. The maximum absolute atomic E-state index is 13.7. The summed E-state index contributed by atoms with van der Waals surface area (Å²) in [5, 5.41) is 0. The van der Waals surface area contributed by atoms with Gasteiger partial charge in [-0.2, -0.15) is 0 Å². The Bertz CT molecular complexity index is 399. The lowest BCUT2D eigenvalue weighted by atomic mass is 9.89. The summed E-state index contributed by atoms with van der Waals surface area (Å²) in [6, 6.07) is 5.08. The van der Waals surface area contributed by atoms with Crippen molar-refractivity contribution in [1.29, 1.82) is 0 Å². The molecule has 3 atom stereocenters. The van der Waals surface area contributed by atoms with E-state index in [9.17, 15) is 4.39 Å². The third kappa shape index (κ3) is 3.06. The number of ether oxygens (including phenoxy) is 1. The third-order valence-electron chi connectivity index (χ3n) is 3.46. The molecule has 0 spiro atoms. The highest BCUT2D eigenvalue weighted by atomic mass is 79.9. The molecule has 1 aromatic rings. The minimum atomic E-state index is -0.193. The molecule has 0 saturated carbocycles. The zero-order chi connectivity index (χ0) is 12.4. The van der Waals surface area contributed by atoms with Gasteiger partial charge in [0.25, 0.3) is 0 Å². The van der Waals surface area contributed by atoms with Gasteiger partial charge in [-0.1, -0.05) is 22.0 Å². The SMILES string of the molecule is CC1OCCC1C(N)Cc1ccc(Br)cc1F. The topological polar surface area (TPSA) is 35.2 Å². The molecule has 2 nitrogen and oxygen atoms in total. The van der Waals surface area contributed by atoms with Gasteiger partial charge in [-0.05, 0) is 37.5 Å². The zero-order valence-corrected chi connectivity index (χ0v) is 11.4. The van der Waals surface area contributed by atoms with E-state index in [4.69, 9.17) is 10.5 Å². The van der Waals surface area contributed by atoms with Crippen molar-refractivity contribution >= 4 is 15.9 Å². The monoisotopic (exact) mass is 301 g/mol. The molecule has 2 rings (SSSR count). The molecule has 0 radical (unpaired) electrons. The Morgan fingerprint density at radius 3 is 2.94 bits per heavy atom. The second-order valence-electron chi connectivity index (χ2n) is 4.63. The summed E-state index contributed by atoms with van der Waals surface area (Å²) in [4.78, 5) is 0. The molecule has 1 saturated heterocycles. The molecule has 4 heteroatoms. The molecule has 0 amide bonds. The molecule has 0 bridgehead atoms. The van der Waals surface area contributed by atoms with Crippen molar-refractivity contribution in [3.8, 4) is 0 Å². The first-order valence-electron chi connectivity index (χ1n) is 5.89. The van der Waals surface area contributed by atoms with Gasteiger partial charge in [0.05, 0.1) is 6.10 Å². The summed E-state index contributed by atoms with van der Waals surface area (Å²) in [7, 11) is 0. The van der Waals surface area contributed by atoms with Crippen LogP contribution in [0.25, 0.3) is 0 Å². The van der Waals surface area contributed by atoms with Gasteiger partial charge in [-0.15, -0.1) is 0 Å². The largest absolute Gasteiger partial charge is 0.378 e. The van der Waals surface area contributed by atoms with Crippen LogP contribution < -0.4 is 5.73 Å². The van der Waals surface area contributed by atoms with E-state index in [1.165, 1.54) is 6.07 Å². The van der Waals surface area contributed by atoms with E-state index in [1.54, 1.807) is 6.07 Å². The van der Waals surface area contributed by atoms with Crippen LogP contribution in [-0.4, -0.2) is 18.8 Å². The molecule has 0 aromatic heterocycles. The van der Waals surface area contributed by atoms with Gasteiger partial charge in [0, 0.05) is 23.0 Å². The van der Waals surface area contributed by atoms with Gasteiger partial charge in [0.15, 0.2) is 0 Å². The van der Waals surface area contributed by atoms with Crippen LogP contribution in [0.1, 0.15) is 18.9 Å². The Morgan fingerprint density at radius 2 is 2.35 bits per heavy atom. The fourth-order valence-corrected chi connectivity index (χ4v) is 2.74. The Kier molecular flexibility index (Phi) is 4.17. The fourth-order valence-electron chi connectivity index (χ4n) is 2.40. The first-order valence-corrected chi connectivity index (χ1v) is 6.68. The van der Waals surface area contributed by atoms with Gasteiger partial charge < -0.3 is 10.5 Å². The number of hydrogen-bond acceptors (Lipinski definition) is 2. The van der Waals surface area contributed by atoms with Crippen molar-refractivity contribution in [1.82, 2.24) is 0 Å². The molecule has 2 N–H and O–H groups in total. The Labute approximate surface area is 109 Å². The van der Waals surface area contributed by atoms with Crippen LogP contribution >= 0.6 is 15.9 Å². The molecule has 94 valence electrons. The lowest BCUT2D eigenvalue weighted by molar-refractivity contribution is 0.0994. The van der Waals surface area contributed by atoms with Crippen molar-refractivity contribution in [2.45, 2.75) is 31.9 Å². The summed E-state index contributed by atoms with van der Waals surface area (Å²) in [6.07, 6.45) is 1.72. The van der Waals surface area contributed by atoms with Gasteiger partial charge in [-0.25, -0.2) is 4.39 Å². The zero-order valence-electron chi connectivity index (χ0n) is 9.83. The van der Waals surface area contributed by atoms with Crippen molar-refractivity contribution in [3.63, 3.8) is 0 Å². The second kappa shape index (κ2) is 5.46. The summed E-state index contributed by atoms with van der Waals surface area (Å²) >= 11 is 3.25. The highest BCUT2D eigenvalue weighted by Crippen LogP contribution is 2.26. The fraction of sp³-hybridized carbons (Fsp3) is 0.538. The van der Waals surface area contributed by atoms with Crippen molar-refractivity contribution in [3.05, 3.63) is 34.1 Å². The molecule has 3 unspecified atom stereocenters. The number of benzene rings is 1. The van der Waals surface area contributed by atoms with Crippen LogP contribution in [-0.2, 0) is 11.2 Å². The van der Waals surface area contributed by atoms with Crippen LogP contribution in [0.4, 0.5) is 4.39 Å². The summed E-state index contributed by atoms with van der Waals surface area (Å²) < 4.78 is 19.9. The van der Waals surface area contributed by atoms with Gasteiger partial charge in [-0.3, -0.25) is 0 Å². The van der Waals surface area contributed by atoms with Gasteiger partial charge in [0.1, 0.15) is 5.82 Å². The lowest BCUT2D eigenvalue weighted by Crippen LogP contribution is -2.36. The molecule has 1 aromatic carbocycles. The Hall–Kier alpha value is -0.450. The molecule has 1 aliphatic heterocycles. The minimum absolute atomic E-state index is 0.0387. The van der Waals surface area contributed by atoms with E-state index < -0.39 is 0 Å². The van der Waals surface area contributed by atoms with Crippen LogP contribution in [0, 0.1) is 11.7 Å². The maximum Gasteiger partial charge on any atom is 0.127 e. The van der Waals surface area contributed by atoms with E-state index in [-0.39, 0.29) is 18.0 Å². The Morgan fingerprint density at radius 1 is 1.59 bits per heavy atom. The predicted octanol–water partition coefficient (Wildman–Crippen LogP) is 2.88. The highest BCUT2D eigenvalue weighted by molar-refractivity contribution is 9.10. The standard InChI is InChI=1S/C13H17BrFNO/c1-8-11(4-5-17-8)13(16)6-9-2-3-10(14)7-12(9)15/h2-3,7-8,11,13H,4-6,16H2,1H3. The lowest BCUT2D eigenvalue weighted by Gasteiger charge is -2.22. The average molecular weight is 302 g/mol. The van der Waals surface area contributed by atoms with Crippen LogP contribution in [0.5, 0.6) is 0 Å². The molecular formula is C13H17BrFNO. The third-order valence-corrected chi connectivity index (χ3v) is 3.95. The number of hydrogen-bond donors (Lipinski definition) is 1. The van der Waals surface area contributed by atoms with Gasteiger partial charge in [0.2, 0.25) is 0 Å². The minimum Gasteiger partial charge on any atom is -0.378 e. The molecule has 1 aliphatic rings. The van der Waals surface area contributed by atoms with Crippen molar-refractivity contribution in [2.75, 3.05) is 6.61 Å². The van der Waals surface area contributed by atoms with Crippen molar-refractivity contribution in [2.24, 2.45) is 11.7 Å². The first-order chi connectivity index (χ1) is 8.08. The first kappa shape index (κ1) is 13.0. The molecule has 1 heterocycles. The number of halogens is 2. The smallest absolute Gasteiger partial charge is 0.127 e. The molecular weight excluding hydrogens is 285 g/mol. The average Bonchev–Trinajstić information content (AvgIpc) is 2.68. The van der Waals surface area contributed by atoms with Crippen LogP contribution in [0.3, 0.4) is 0 Å². The summed E-state index contributed by atoms with van der Waals surface area (Å²) in [6.45, 7) is 2.80. The number of nitrogens with two attached hydrogens (primary N) is 1. The Balaban J connectivity index is 2.04. The van der Waals surface area contributed by atoms with Crippen LogP contribution in [0.2, 0.25) is 0 Å². The molecule has 17 heavy (non-hydrogen) atoms. The predicted molar refractivity (Wildman–Crippen MR) is 69.3 cm³/mol. The van der Waals surface area contributed by atoms with E-state index in [2.05, 4.69) is 15.9 Å². The van der Waals surface area contributed by atoms with Gasteiger partial charge >= 0.3 is 0 Å². The van der Waals surface area contributed by atoms with E-state index in [0.29, 0.717) is 17.9 Å². The molecule has 1 fully saturated rings. The normalized spacial score (nSPS) is 26.1. The second-order valence-corrected chi connectivity index (χ2v) is 5.55. The summed E-state index contributed by atoms with van der Waals surface area (Å²) in [5.41, 5.74) is 6.83.